The highest BCUT2D eigenvalue weighted by Crippen LogP contribution is 2.15. The normalized spacial score (nSPS) is 15.0. The second kappa shape index (κ2) is 11.5. The van der Waals surface area contributed by atoms with E-state index in [4.69, 9.17) is 4.74 Å². The smallest absolute Gasteiger partial charge is 0.0610 e. The van der Waals surface area contributed by atoms with Crippen molar-refractivity contribution in [3.8, 4) is 0 Å². The van der Waals surface area contributed by atoms with E-state index >= 15 is 0 Å². The molecule has 0 aliphatic carbocycles. The first-order chi connectivity index (χ1) is 9.56. The minimum absolute atomic E-state index is 0.133. The molecule has 0 saturated carbocycles. The van der Waals surface area contributed by atoms with Crippen LogP contribution in [0.2, 0.25) is 0 Å². The van der Waals surface area contributed by atoms with E-state index in [-0.39, 0.29) is 12.1 Å². The Bertz CT molecular complexity index is 217. The molecule has 2 N–H and O–H groups in total. The zero-order chi connectivity index (χ0) is 15.4. The van der Waals surface area contributed by atoms with Gasteiger partial charge in [-0.25, -0.2) is 0 Å². The summed E-state index contributed by atoms with van der Waals surface area (Å²) in [5.74, 6) is 0. The van der Waals surface area contributed by atoms with Crippen LogP contribution in [-0.4, -0.2) is 62.0 Å². The number of nitrogens with one attached hydrogen (secondary N) is 1. The number of methoxy groups -OCH3 is 1. The van der Waals surface area contributed by atoms with Crippen molar-refractivity contribution in [2.45, 2.75) is 64.5 Å². The van der Waals surface area contributed by atoms with Crippen molar-refractivity contribution in [2.24, 2.45) is 0 Å². The molecule has 0 fully saturated rings. The van der Waals surface area contributed by atoms with E-state index in [9.17, 15) is 5.11 Å². The highest BCUT2D eigenvalue weighted by atomic mass is 16.5. The Labute approximate surface area is 125 Å². The average Bonchev–Trinajstić information content (AvgIpc) is 2.49. The Morgan fingerprint density at radius 3 is 2.30 bits per heavy atom. The molecule has 4 heteroatoms. The van der Waals surface area contributed by atoms with Crippen LogP contribution in [-0.2, 0) is 4.74 Å². The minimum atomic E-state index is -0.133. The third-order valence-electron chi connectivity index (χ3n) is 4.42. The summed E-state index contributed by atoms with van der Waals surface area (Å²) in [6.07, 6.45) is 5.73. The van der Waals surface area contributed by atoms with Crippen LogP contribution >= 0.6 is 0 Å². The zero-order valence-electron chi connectivity index (χ0n) is 14.2. The van der Waals surface area contributed by atoms with Crippen LogP contribution < -0.4 is 5.32 Å². The second-order valence-corrected chi connectivity index (χ2v) is 5.92. The van der Waals surface area contributed by atoms with Crippen molar-refractivity contribution in [3.63, 3.8) is 0 Å². The highest BCUT2D eigenvalue weighted by Gasteiger charge is 2.20. The maximum Gasteiger partial charge on any atom is 0.0610 e. The SMILES string of the molecule is CCC(CC)N(CCCCC(C)(CO)NC)CCOC. The Morgan fingerprint density at radius 1 is 1.20 bits per heavy atom. The molecule has 1 unspecified atom stereocenters. The lowest BCUT2D eigenvalue weighted by molar-refractivity contribution is 0.111. The van der Waals surface area contributed by atoms with Gasteiger partial charge in [-0.3, -0.25) is 4.90 Å². The number of nitrogens with zero attached hydrogens (tertiary/aromatic N) is 1. The van der Waals surface area contributed by atoms with E-state index in [0.717, 1.165) is 32.5 Å². The van der Waals surface area contributed by atoms with E-state index in [0.29, 0.717) is 6.04 Å². The van der Waals surface area contributed by atoms with Gasteiger partial charge in [0, 0.05) is 25.2 Å². The molecule has 0 aromatic heterocycles. The molecule has 0 spiro atoms. The van der Waals surface area contributed by atoms with Crippen molar-refractivity contribution in [1.29, 1.82) is 0 Å². The lowest BCUT2D eigenvalue weighted by Crippen LogP contribution is -2.43. The maximum absolute atomic E-state index is 9.38. The second-order valence-electron chi connectivity index (χ2n) is 5.92. The van der Waals surface area contributed by atoms with Crippen LogP contribution in [0.5, 0.6) is 0 Å². The number of aliphatic hydroxyl groups excluding tert-OH is 1. The van der Waals surface area contributed by atoms with E-state index < -0.39 is 0 Å². The van der Waals surface area contributed by atoms with E-state index in [1.165, 1.54) is 19.3 Å². The van der Waals surface area contributed by atoms with Crippen molar-refractivity contribution < 1.29 is 9.84 Å². The molecule has 0 heterocycles. The van der Waals surface area contributed by atoms with Gasteiger partial charge in [0.05, 0.1) is 13.2 Å². The first-order valence-corrected chi connectivity index (χ1v) is 8.09. The molecule has 1 atom stereocenters. The van der Waals surface area contributed by atoms with Crippen molar-refractivity contribution in [2.75, 3.05) is 40.5 Å². The molecule has 0 aromatic rings. The summed E-state index contributed by atoms with van der Waals surface area (Å²) in [4.78, 5) is 2.55. The summed E-state index contributed by atoms with van der Waals surface area (Å²) in [7, 11) is 3.69. The number of likely N-dealkylation sites (N-methyl/N-ethyl adjacent to an activating group) is 1. The molecule has 122 valence electrons. The Kier molecular flexibility index (Phi) is 11.4. The largest absolute Gasteiger partial charge is 0.394 e. The molecular formula is C16H36N2O2. The quantitative estimate of drug-likeness (QED) is 0.510. The number of ether oxygens (including phenoxy) is 1. The average molecular weight is 288 g/mol. The van der Waals surface area contributed by atoms with E-state index in [2.05, 4.69) is 31.0 Å². The van der Waals surface area contributed by atoms with Gasteiger partial charge < -0.3 is 15.2 Å². The minimum Gasteiger partial charge on any atom is -0.394 e. The van der Waals surface area contributed by atoms with Crippen molar-refractivity contribution >= 4 is 0 Å². The van der Waals surface area contributed by atoms with Gasteiger partial charge in [0.1, 0.15) is 0 Å². The van der Waals surface area contributed by atoms with E-state index in [1.54, 1.807) is 7.11 Å². The monoisotopic (exact) mass is 288 g/mol. The highest BCUT2D eigenvalue weighted by molar-refractivity contribution is 4.80. The lowest BCUT2D eigenvalue weighted by Gasteiger charge is -2.31. The molecule has 0 bridgehead atoms. The summed E-state index contributed by atoms with van der Waals surface area (Å²) < 4.78 is 5.22. The fourth-order valence-electron chi connectivity index (χ4n) is 2.60. The molecule has 4 nitrogen and oxygen atoms in total. The molecule has 20 heavy (non-hydrogen) atoms. The molecule has 0 radical (unpaired) electrons. The Balaban J connectivity index is 4.12. The van der Waals surface area contributed by atoms with Crippen LogP contribution in [0.4, 0.5) is 0 Å². The number of rotatable bonds is 13. The first-order valence-electron chi connectivity index (χ1n) is 8.09. The third kappa shape index (κ3) is 7.58. The third-order valence-corrected chi connectivity index (χ3v) is 4.42. The Hall–Kier alpha value is -0.160. The van der Waals surface area contributed by atoms with Crippen LogP contribution in [0.1, 0.15) is 52.9 Å². The van der Waals surface area contributed by atoms with Gasteiger partial charge in [-0.05, 0) is 46.2 Å². The fraction of sp³-hybridized carbons (Fsp3) is 1.00. The van der Waals surface area contributed by atoms with Gasteiger partial charge in [-0.15, -0.1) is 0 Å². The van der Waals surface area contributed by atoms with Crippen molar-refractivity contribution in [1.82, 2.24) is 10.2 Å². The zero-order valence-corrected chi connectivity index (χ0v) is 14.2. The van der Waals surface area contributed by atoms with Crippen LogP contribution in [0.15, 0.2) is 0 Å². The summed E-state index contributed by atoms with van der Waals surface area (Å²) in [6.45, 7) is 9.75. The molecule has 0 aliphatic heterocycles. The van der Waals surface area contributed by atoms with Crippen LogP contribution in [0.25, 0.3) is 0 Å². The van der Waals surface area contributed by atoms with Gasteiger partial charge in [-0.1, -0.05) is 20.3 Å². The van der Waals surface area contributed by atoms with Gasteiger partial charge in [0.2, 0.25) is 0 Å². The van der Waals surface area contributed by atoms with Gasteiger partial charge in [0.15, 0.2) is 0 Å². The maximum atomic E-state index is 9.38. The van der Waals surface area contributed by atoms with Gasteiger partial charge in [0.25, 0.3) is 0 Å². The topological polar surface area (TPSA) is 44.7 Å². The number of aliphatic hydroxyl groups is 1. The molecule has 0 saturated heterocycles. The number of hydrogen-bond acceptors (Lipinski definition) is 4. The standard InChI is InChI=1S/C16H36N2O2/c1-6-15(7-2)18(12-13-20-5)11-9-8-10-16(3,14-19)17-4/h15,17,19H,6-14H2,1-5H3. The van der Waals surface area contributed by atoms with E-state index in [1.807, 2.05) is 7.05 Å². The van der Waals surface area contributed by atoms with Crippen LogP contribution in [0, 0.1) is 0 Å². The Morgan fingerprint density at radius 2 is 1.85 bits per heavy atom. The molecule has 0 aromatic carbocycles. The molecule has 0 amide bonds. The summed E-state index contributed by atoms with van der Waals surface area (Å²) >= 11 is 0. The lowest BCUT2D eigenvalue weighted by atomic mass is 9.96. The summed E-state index contributed by atoms with van der Waals surface area (Å²) in [5, 5.41) is 12.6. The summed E-state index contributed by atoms with van der Waals surface area (Å²) in [6, 6.07) is 0.665. The predicted molar refractivity (Wildman–Crippen MR) is 86.2 cm³/mol. The van der Waals surface area contributed by atoms with Crippen LogP contribution in [0.3, 0.4) is 0 Å². The number of unbranched alkanes of at least 4 members (excludes halogenated alkanes) is 1. The fourth-order valence-corrected chi connectivity index (χ4v) is 2.60. The summed E-state index contributed by atoms with van der Waals surface area (Å²) in [5.41, 5.74) is -0.133. The molecular weight excluding hydrogens is 252 g/mol. The molecule has 0 aliphatic rings. The van der Waals surface area contributed by atoms with Gasteiger partial charge >= 0.3 is 0 Å². The first kappa shape index (κ1) is 19.8. The van der Waals surface area contributed by atoms with Gasteiger partial charge in [-0.2, -0.15) is 0 Å². The molecule has 0 rings (SSSR count). The predicted octanol–water partition coefficient (Wildman–Crippen LogP) is 2.26. The number of hydrogen-bond donors (Lipinski definition) is 2. The van der Waals surface area contributed by atoms with Crippen molar-refractivity contribution in [3.05, 3.63) is 0 Å².